The monoisotopic (exact) mass is 511 g/mol. The SMILES string of the molecule is COc1ccc2c(c1)CCC(c1cccc(OC)c1C)=C2C(=O)c1ccc(OCCN2CCCCC2)cc1. The van der Waals surface area contributed by atoms with Gasteiger partial charge in [0.05, 0.1) is 14.2 Å². The zero-order valence-corrected chi connectivity index (χ0v) is 22.7. The van der Waals surface area contributed by atoms with E-state index in [4.69, 9.17) is 14.2 Å². The second kappa shape index (κ2) is 11.9. The quantitative estimate of drug-likeness (QED) is 0.302. The summed E-state index contributed by atoms with van der Waals surface area (Å²) in [6, 6.07) is 19.7. The number of rotatable bonds is 9. The molecule has 5 rings (SSSR count). The van der Waals surface area contributed by atoms with Gasteiger partial charge in [-0.3, -0.25) is 9.69 Å². The van der Waals surface area contributed by atoms with Crippen molar-refractivity contribution >= 4 is 16.9 Å². The number of methoxy groups -OCH3 is 2. The van der Waals surface area contributed by atoms with Crippen molar-refractivity contribution in [3.05, 3.63) is 88.5 Å². The fourth-order valence-corrected chi connectivity index (χ4v) is 5.71. The largest absolute Gasteiger partial charge is 0.497 e. The molecule has 198 valence electrons. The van der Waals surface area contributed by atoms with E-state index in [1.54, 1.807) is 14.2 Å². The summed E-state index contributed by atoms with van der Waals surface area (Å²) in [4.78, 5) is 16.6. The zero-order valence-electron chi connectivity index (χ0n) is 22.7. The van der Waals surface area contributed by atoms with Crippen molar-refractivity contribution < 1.29 is 19.0 Å². The van der Waals surface area contributed by atoms with Crippen molar-refractivity contribution in [2.24, 2.45) is 0 Å². The molecule has 3 aromatic carbocycles. The van der Waals surface area contributed by atoms with Crippen LogP contribution >= 0.6 is 0 Å². The topological polar surface area (TPSA) is 48.0 Å². The van der Waals surface area contributed by atoms with Gasteiger partial charge in [-0.05, 0) is 116 Å². The Morgan fingerprint density at radius 3 is 2.34 bits per heavy atom. The number of Topliss-reactive ketones (excluding diaryl/α,β-unsaturated/α-hetero) is 1. The highest BCUT2D eigenvalue weighted by Gasteiger charge is 2.27. The summed E-state index contributed by atoms with van der Waals surface area (Å²) in [5, 5.41) is 0. The Labute approximate surface area is 226 Å². The van der Waals surface area contributed by atoms with Crippen LogP contribution in [0.4, 0.5) is 0 Å². The Morgan fingerprint density at radius 1 is 0.842 bits per heavy atom. The van der Waals surface area contributed by atoms with Gasteiger partial charge in [0.25, 0.3) is 0 Å². The van der Waals surface area contributed by atoms with Gasteiger partial charge in [0, 0.05) is 17.7 Å². The third kappa shape index (κ3) is 5.48. The van der Waals surface area contributed by atoms with Crippen LogP contribution in [0.15, 0.2) is 60.7 Å². The van der Waals surface area contributed by atoms with Gasteiger partial charge >= 0.3 is 0 Å². The first-order valence-electron chi connectivity index (χ1n) is 13.6. The number of carbonyl (C=O) groups excluding carboxylic acids is 1. The smallest absolute Gasteiger partial charge is 0.193 e. The van der Waals surface area contributed by atoms with Gasteiger partial charge in [-0.15, -0.1) is 0 Å². The number of likely N-dealkylation sites (tertiary alicyclic amines) is 1. The van der Waals surface area contributed by atoms with Crippen molar-refractivity contribution in [1.82, 2.24) is 4.90 Å². The molecule has 1 aliphatic heterocycles. The van der Waals surface area contributed by atoms with E-state index < -0.39 is 0 Å². The van der Waals surface area contributed by atoms with E-state index in [9.17, 15) is 4.79 Å². The normalized spacial score (nSPS) is 15.7. The predicted molar refractivity (Wildman–Crippen MR) is 152 cm³/mol. The van der Waals surface area contributed by atoms with Crippen LogP contribution < -0.4 is 14.2 Å². The Balaban J connectivity index is 1.45. The van der Waals surface area contributed by atoms with Crippen LogP contribution in [0.3, 0.4) is 0 Å². The summed E-state index contributed by atoms with van der Waals surface area (Å²) in [5.41, 5.74) is 6.69. The third-order valence-electron chi connectivity index (χ3n) is 7.83. The number of ketones is 1. The number of benzene rings is 3. The van der Waals surface area contributed by atoms with E-state index in [2.05, 4.69) is 24.0 Å². The van der Waals surface area contributed by atoms with Crippen molar-refractivity contribution in [2.45, 2.75) is 39.0 Å². The lowest BCUT2D eigenvalue weighted by atomic mass is 9.78. The van der Waals surface area contributed by atoms with Gasteiger partial charge < -0.3 is 14.2 Å². The van der Waals surface area contributed by atoms with E-state index in [1.165, 1.54) is 19.3 Å². The average molecular weight is 512 g/mol. The number of ether oxygens (including phenoxy) is 3. The maximum atomic E-state index is 14.1. The lowest BCUT2D eigenvalue weighted by Gasteiger charge is -2.26. The zero-order chi connectivity index (χ0) is 26.5. The number of nitrogens with zero attached hydrogens (tertiary/aromatic N) is 1. The van der Waals surface area contributed by atoms with Gasteiger partial charge in [-0.25, -0.2) is 0 Å². The van der Waals surface area contributed by atoms with Crippen LogP contribution in [0.2, 0.25) is 0 Å². The van der Waals surface area contributed by atoms with Crippen molar-refractivity contribution in [3.63, 3.8) is 0 Å². The number of piperidine rings is 1. The predicted octanol–water partition coefficient (Wildman–Crippen LogP) is 6.62. The molecule has 0 N–H and O–H groups in total. The Morgan fingerprint density at radius 2 is 1.61 bits per heavy atom. The van der Waals surface area contributed by atoms with Crippen LogP contribution in [0.1, 0.15) is 58.3 Å². The molecule has 0 saturated carbocycles. The lowest BCUT2D eigenvalue weighted by Crippen LogP contribution is -2.33. The molecule has 0 atom stereocenters. The van der Waals surface area contributed by atoms with Crippen LogP contribution in [-0.4, -0.2) is 51.1 Å². The highest BCUT2D eigenvalue weighted by atomic mass is 16.5. The fourth-order valence-electron chi connectivity index (χ4n) is 5.71. The summed E-state index contributed by atoms with van der Waals surface area (Å²) in [6.07, 6.45) is 5.51. The molecule has 0 unspecified atom stereocenters. The highest BCUT2D eigenvalue weighted by Crippen LogP contribution is 2.42. The molecule has 5 nitrogen and oxygen atoms in total. The number of aryl methyl sites for hydroxylation is 1. The molecule has 0 bridgehead atoms. The first-order chi connectivity index (χ1) is 18.6. The lowest BCUT2D eigenvalue weighted by molar-refractivity contribution is 0.105. The number of hydrogen-bond acceptors (Lipinski definition) is 5. The number of allylic oxidation sites excluding steroid dienone is 2. The second-order valence-corrected chi connectivity index (χ2v) is 10.1. The van der Waals surface area contributed by atoms with Gasteiger partial charge in [-0.1, -0.05) is 24.6 Å². The molecule has 0 spiro atoms. The fraction of sp³-hybridized carbons (Fsp3) is 0.364. The molecule has 0 aromatic heterocycles. The summed E-state index contributed by atoms with van der Waals surface area (Å²) < 4.78 is 17.1. The van der Waals surface area contributed by atoms with Gasteiger partial charge in [-0.2, -0.15) is 0 Å². The Kier molecular flexibility index (Phi) is 8.14. The minimum Gasteiger partial charge on any atom is -0.497 e. The minimum atomic E-state index is 0.0215. The molecule has 1 fully saturated rings. The maximum absolute atomic E-state index is 14.1. The molecule has 1 heterocycles. The standard InChI is InChI=1S/C33H37NO4/c1-23-28(8-7-9-31(23)37-3)30-16-12-25-22-27(36-2)15-17-29(25)32(30)33(35)24-10-13-26(14-11-24)38-21-20-34-18-5-4-6-19-34/h7-11,13-15,17,22H,4-6,12,16,18-21H2,1-3H3. The average Bonchev–Trinajstić information content (AvgIpc) is 2.97. The molecule has 2 aliphatic rings. The number of fused-ring (bicyclic) bond motifs is 1. The summed E-state index contributed by atoms with van der Waals surface area (Å²) in [7, 11) is 3.36. The van der Waals surface area contributed by atoms with E-state index in [1.807, 2.05) is 48.5 Å². The summed E-state index contributed by atoms with van der Waals surface area (Å²) in [6.45, 7) is 5.98. The second-order valence-electron chi connectivity index (χ2n) is 10.1. The first kappa shape index (κ1) is 26.1. The van der Waals surface area contributed by atoms with Gasteiger partial charge in [0.15, 0.2) is 5.78 Å². The van der Waals surface area contributed by atoms with Gasteiger partial charge in [0.1, 0.15) is 23.9 Å². The molecule has 0 radical (unpaired) electrons. The molecule has 3 aromatic rings. The van der Waals surface area contributed by atoms with Crippen LogP contribution in [0.25, 0.3) is 11.1 Å². The van der Waals surface area contributed by atoms with E-state index >= 15 is 0 Å². The highest BCUT2D eigenvalue weighted by molar-refractivity contribution is 6.35. The molecular formula is C33H37NO4. The number of carbonyl (C=O) groups is 1. The van der Waals surface area contributed by atoms with Crippen LogP contribution in [0, 0.1) is 6.92 Å². The molecule has 5 heteroatoms. The van der Waals surface area contributed by atoms with E-state index in [-0.39, 0.29) is 5.78 Å². The van der Waals surface area contributed by atoms with Crippen molar-refractivity contribution in [2.75, 3.05) is 40.5 Å². The van der Waals surface area contributed by atoms with Crippen LogP contribution in [0.5, 0.6) is 17.2 Å². The molecule has 38 heavy (non-hydrogen) atoms. The van der Waals surface area contributed by atoms with E-state index in [0.717, 1.165) is 83.1 Å². The summed E-state index contributed by atoms with van der Waals surface area (Å²) >= 11 is 0. The summed E-state index contributed by atoms with van der Waals surface area (Å²) in [5.74, 6) is 2.45. The van der Waals surface area contributed by atoms with Gasteiger partial charge in [0.2, 0.25) is 0 Å². The molecular weight excluding hydrogens is 474 g/mol. The molecule has 0 amide bonds. The molecule has 1 aliphatic carbocycles. The molecule has 1 saturated heterocycles. The first-order valence-corrected chi connectivity index (χ1v) is 13.6. The van der Waals surface area contributed by atoms with Crippen molar-refractivity contribution in [1.29, 1.82) is 0 Å². The minimum absolute atomic E-state index is 0.0215. The Bertz CT molecular complexity index is 1320. The maximum Gasteiger partial charge on any atom is 0.193 e. The third-order valence-corrected chi connectivity index (χ3v) is 7.83. The van der Waals surface area contributed by atoms with E-state index in [0.29, 0.717) is 12.2 Å². The van der Waals surface area contributed by atoms with Crippen LogP contribution in [-0.2, 0) is 6.42 Å². The van der Waals surface area contributed by atoms with Crippen molar-refractivity contribution in [3.8, 4) is 17.2 Å². The number of hydrogen-bond donors (Lipinski definition) is 0. The Hall–Kier alpha value is -3.57.